The normalized spacial score (nSPS) is 19.1. The summed E-state index contributed by atoms with van der Waals surface area (Å²) < 4.78 is 0. The number of hydrogen-bond acceptors (Lipinski definition) is 5. The first-order valence-corrected chi connectivity index (χ1v) is 6.73. The number of hydrogen-bond donors (Lipinski definition) is 4. The molecule has 0 aromatic rings. The van der Waals surface area contributed by atoms with Gasteiger partial charge in [0.2, 0.25) is 23.6 Å². The zero-order valence-corrected chi connectivity index (χ0v) is 11.7. The van der Waals surface area contributed by atoms with E-state index in [1.165, 1.54) is 4.90 Å². The highest BCUT2D eigenvalue weighted by Gasteiger charge is 2.36. The van der Waals surface area contributed by atoms with Crippen molar-refractivity contribution < 1.29 is 19.2 Å². The molecular weight excluding hydrogens is 278 g/mol. The Morgan fingerprint density at radius 2 is 1.86 bits per heavy atom. The highest BCUT2D eigenvalue weighted by molar-refractivity contribution is 5.92. The fraction of sp³-hybridized carbons (Fsp3) is 0.667. The summed E-state index contributed by atoms with van der Waals surface area (Å²) in [5, 5.41) is 2.38. The van der Waals surface area contributed by atoms with E-state index in [4.69, 9.17) is 17.2 Å². The Labute approximate surface area is 122 Å². The molecule has 118 valence electrons. The molecule has 2 unspecified atom stereocenters. The van der Waals surface area contributed by atoms with Gasteiger partial charge in [0.05, 0.1) is 12.6 Å². The first kappa shape index (κ1) is 16.9. The van der Waals surface area contributed by atoms with E-state index < -0.39 is 35.7 Å². The van der Waals surface area contributed by atoms with Gasteiger partial charge in [-0.2, -0.15) is 0 Å². The van der Waals surface area contributed by atoms with Crippen LogP contribution < -0.4 is 22.5 Å². The Morgan fingerprint density at radius 3 is 2.43 bits per heavy atom. The molecule has 1 rings (SSSR count). The lowest BCUT2D eigenvalue weighted by Crippen LogP contribution is -2.52. The molecule has 7 N–H and O–H groups in total. The second-order valence-electron chi connectivity index (χ2n) is 4.99. The van der Waals surface area contributed by atoms with Gasteiger partial charge in [0, 0.05) is 13.0 Å². The van der Waals surface area contributed by atoms with Crippen LogP contribution in [0.25, 0.3) is 0 Å². The van der Waals surface area contributed by atoms with Gasteiger partial charge in [0.15, 0.2) is 0 Å². The van der Waals surface area contributed by atoms with Gasteiger partial charge < -0.3 is 27.4 Å². The van der Waals surface area contributed by atoms with E-state index in [2.05, 4.69) is 5.32 Å². The van der Waals surface area contributed by atoms with Crippen molar-refractivity contribution in [1.82, 2.24) is 10.2 Å². The van der Waals surface area contributed by atoms with Crippen LogP contribution >= 0.6 is 0 Å². The maximum Gasteiger partial charge on any atom is 0.243 e. The van der Waals surface area contributed by atoms with Gasteiger partial charge in [-0.25, -0.2) is 0 Å². The molecule has 1 aliphatic heterocycles. The summed E-state index contributed by atoms with van der Waals surface area (Å²) in [5.74, 6) is -2.01. The van der Waals surface area contributed by atoms with Crippen LogP contribution in [0, 0.1) is 0 Å². The van der Waals surface area contributed by atoms with Crippen LogP contribution in [-0.4, -0.2) is 53.7 Å². The van der Waals surface area contributed by atoms with Crippen molar-refractivity contribution >= 4 is 23.6 Å². The second-order valence-corrected chi connectivity index (χ2v) is 4.99. The van der Waals surface area contributed by atoms with Crippen LogP contribution in [0.15, 0.2) is 0 Å². The molecule has 0 spiro atoms. The third-order valence-electron chi connectivity index (χ3n) is 3.29. The van der Waals surface area contributed by atoms with Gasteiger partial charge >= 0.3 is 0 Å². The predicted molar refractivity (Wildman–Crippen MR) is 73.3 cm³/mol. The highest BCUT2D eigenvalue weighted by Crippen LogP contribution is 2.19. The summed E-state index contributed by atoms with van der Waals surface area (Å²) in [7, 11) is 0. The van der Waals surface area contributed by atoms with Gasteiger partial charge in [0.25, 0.3) is 0 Å². The molecule has 1 heterocycles. The first-order chi connectivity index (χ1) is 9.82. The minimum absolute atomic E-state index is 0.0132. The molecule has 0 aliphatic carbocycles. The Bertz CT molecular complexity index is 439. The van der Waals surface area contributed by atoms with Crippen molar-refractivity contribution in [2.75, 3.05) is 13.1 Å². The number of nitrogens with zero attached hydrogens (tertiary/aromatic N) is 1. The van der Waals surface area contributed by atoms with Crippen LogP contribution in [0.3, 0.4) is 0 Å². The number of nitrogens with two attached hydrogens (primary N) is 3. The Kier molecular flexibility index (Phi) is 6.10. The maximum atomic E-state index is 12.2. The number of nitrogens with one attached hydrogen (secondary N) is 1. The lowest BCUT2D eigenvalue weighted by atomic mass is 10.1. The average Bonchev–Trinajstić information content (AvgIpc) is 2.90. The number of carbonyl (C=O) groups is 4. The SMILES string of the molecule is NC(=O)CCC(N)C(=O)N1CCCC1C(=O)NCC(N)=O. The number of rotatable bonds is 7. The average molecular weight is 299 g/mol. The molecule has 21 heavy (non-hydrogen) atoms. The van der Waals surface area contributed by atoms with E-state index in [1.807, 2.05) is 0 Å². The van der Waals surface area contributed by atoms with Crippen LogP contribution in [0.5, 0.6) is 0 Å². The minimum Gasteiger partial charge on any atom is -0.370 e. The second kappa shape index (κ2) is 7.58. The molecule has 9 heteroatoms. The Balaban J connectivity index is 2.59. The molecule has 1 aliphatic rings. The van der Waals surface area contributed by atoms with Gasteiger partial charge in [0.1, 0.15) is 6.04 Å². The van der Waals surface area contributed by atoms with E-state index in [1.54, 1.807) is 0 Å². The van der Waals surface area contributed by atoms with E-state index in [0.717, 1.165) is 0 Å². The molecule has 0 saturated carbocycles. The molecule has 4 amide bonds. The van der Waals surface area contributed by atoms with Crippen LogP contribution in [-0.2, 0) is 19.2 Å². The lowest BCUT2D eigenvalue weighted by molar-refractivity contribution is -0.139. The third kappa shape index (κ3) is 5.03. The molecule has 0 aromatic carbocycles. The van der Waals surface area contributed by atoms with E-state index in [0.29, 0.717) is 19.4 Å². The Morgan fingerprint density at radius 1 is 1.19 bits per heavy atom. The largest absolute Gasteiger partial charge is 0.370 e. The van der Waals surface area contributed by atoms with Gasteiger partial charge in [-0.05, 0) is 19.3 Å². The molecule has 2 atom stereocenters. The molecule has 0 aromatic heterocycles. The summed E-state index contributed by atoms with van der Waals surface area (Å²) in [6.45, 7) is 0.142. The molecule has 0 bridgehead atoms. The van der Waals surface area contributed by atoms with Crippen molar-refractivity contribution in [3.8, 4) is 0 Å². The van der Waals surface area contributed by atoms with Crippen molar-refractivity contribution in [2.45, 2.75) is 37.8 Å². The summed E-state index contributed by atoms with van der Waals surface area (Å²) in [6, 6.07) is -1.53. The monoisotopic (exact) mass is 299 g/mol. The molecule has 0 radical (unpaired) electrons. The van der Waals surface area contributed by atoms with Gasteiger partial charge in [-0.3, -0.25) is 19.2 Å². The molecule has 1 fully saturated rings. The zero-order chi connectivity index (χ0) is 16.0. The fourth-order valence-corrected chi connectivity index (χ4v) is 2.23. The van der Waals surface area contributed by atoms with E-state index in [-0.39, 0.29) is 19.4 Å². The number of primary amides is 2. The summed E-state index contributed by atoms with van der Waals surface area (Å²) in [5.41, 5.74) is 15.7. The molecule has 1 saturated heterocycles. The smallest absolute Gasteiger partial charge is 0.243 e. The maximum absolute atomic E-state index is 12.2. The predicted octanol–water partition coefficient (Wildman–Crippen LogP) is -2.83. The molecular formula is C12H21N5O4. The molecule has 9 nitrogen and oxygen atoms in total. The summed E-state index contributed by atoms with van der Waals surface area (Å²) in [6.07, 6.45) is 1.32. The van der Waals surface area contributed by atoms with Crippen LogP contribution in [0.2, 0.25) is 0 Å². The topological polar surface area (TPSA) is 162 Å². The van der Waals surface area contributed by atoms with Crippen molar-refractivity contribution in [2.24, 2.45) is 17.2 Å². The number of amides is 4. The minimum atomic E-state index is -0.873. The lowest BCUT2D eigenvalue weighted by Gasteiger charge is -2.26. The third-order valence-corrected chi connectivity index (χ3v) is 3.29. The van der Waals surface area contributed by atoms with E-state index >= 15 is 0 Å². The number of likely N-dealkylation sites (tertiary alicyclic amines) is 1. The quantitative estimate of drug-likeness (QED) is 0.398. The summed E-state index contributed by atoms with van der Waals surface area (Å²) >= 11 is 0. The van der Waals surface area contributed by atoms with Crippen molar-refractivity contribution in [3.05, 3.63) is 0 Å². The summed E-state index contributed by atoms with van der Waals surface area (Å²) in [4.78, 5) is 46.8. The van der Waals surface area contributed by atoms with Crippen LogP contribution in [0.1, 0.15) is 25.7 Å². The standard InChI is InChI=1S/C12H21N5O4/c13-7(3-4-9(14)18)12(21)17-5-1-2-8(17)11(20)16-6-10(15)19/h7-8H,1-6,13H2,(H2,14,18)(H2,15,19)(H,16,20). The Hall–Kier alpha value is -2.16. The zero-order valence-electron chi connectivity index (χ0n) is 11.7. The fourth-order valence-electron chi connectivity index (χ4n) is 2.23. The van der Waals surface area contributed by atoms with E-state index in [9.17, 15) is 19.2 Å². The first-order valence-electron chi connectivity index (χ1n) is 6.73. The van der Waals surface area contributed by atoms with Crippen molar-refractivity contribution in [3.63, 3.8) is 0 Å². The van der Waals surface area contributed by atoms with Gasteiger partial charge in [-0.1, -0.05) is 0 Å². The van der Waals surface area contributed by atoms with Gasteiger partial charge in [-0.15, -0.1) is 0 Å². The van der Waals surface area contributed by atoms with Crippen molar-refractivity contribution in [1.29, 1.82) is 0 Å². The number of carbonyl (C=O) groups excluding carboxylic acids is 4. The highest BCUT2D eigenvalue weighted by atomic mass is 16.2. The van der Waals surface area contributed by atoms with Crippen LogP contribution in [0.4, 0.5) is 0 Å².